The lowest BCUT2D eigenvalue weighted by Crippen LogP contribution is -2.36. The van der Waals surface area contributed by atoms with E-state index in [2.05, 4.69) is 4.90 Å². The van der Waals surface area contributed by atoms with E-state index in [0.29, 0.717) is 12.2 Å². The topological polar surface area (TPSA) is 38.8 Å². The third-order valence-corrected chi connectivity index (χ3v) is 4.15. The Morgan fingerprint density at radius 3 is 2.40 bits per heavy atom. The Labute approximate surface area is 148 Å². The highest BCUT2D eigenvalue weighted by Gasteiger charge is 2.11. The molecular formula is C21H23NO3. The van der Waals surface area contributed by atoms with E-state index in [4.69, 9.17) is 9.47 Å². The van der Waals surface area contributed by atoms with Gasteiger partial charge in [0, 0.05) is 24.3 Å². The minimum absolute atomic E-state index is 0.00223. The molecule has 2 aromatic rings. The van der Waals surface area contributed by atoms with Gasteiger partial charge in [-0.15, -0.1) is 0 Å². The second-order valence-corrected chi connectivity index (χ2v) is 5.85. The van der Waals surface area contributed by atoms with Crippen molar-refractivity contribution in [2.45, 2.75) is 6.92 Å². The number of rotatable bonds is 6. The molecule has 1 aliphatic rings. The Morgan fingerprint density at radius 2 is 1.76 bits per heavy atom. The molecule has 4 nitrogen and oxygen atoms in total. The van der Waals surface area contributed by atoms with Crippen molar-refractivity contribution in [1.29, 1.82) is 0 Å². The fraction of sp³-hybridized carbons (Fsp3) is 0.286. The molecule has 1 aliphatic heterocycles. The molecule has 0 bridgehead atoms. The highest BCUT2D eigenvalue weighted by Crippen LogP contribution is 2.18. The maximum atomic E-state index is 12.3. The van der Waals surface area contributed by atoms with Crippen LogP contribution in [0.25, 0.3) is 6.08 Å². The summed E-state index contributed by atoms with van der Waals surface area (Å²) in [6, 6.07) is 15.5. The van der Waals surface area contributed by atoms with Gasteiger partial charge < -0.3 is 14.4 Å². The lowest BCUT2D eigenvalue weighted by molar-refractivity contribution is 0.104. The molecule has 0 aromatic heterocycles. The molecule has 130 valence electrons. The monoisotopic (exact) mass is 337 g/mol. The van der Waals surface area contributed by atoms with Gasteiger partial charge in [-0.1, -0.05) is 18.2 Å². The number of hydrogen-bond donors (Lipinski definition) is 0. The molecule has 4 heteroatoms. The van der Waals surface area contributed by atoms with Crippen LogP contribution in [0.3, 0.4) is 0 Å². The van der Waals surface area contributed by atoms with Crippen molar-refractivity contribution < 1.29 is 14.3 Å². The molecule has 1 heterocycles. The largest absolute Gasteiger partial charge is 0.494 e. The first-order valence-electron chi connectivity index (χ1n) is 8.64. The quantitative estimate of drug-likeness (QED) is 0.593. The maximum absolute atomic E-state index is 12.3. The second kappa shape index (κ2) is 8.49. The van der Waals surface area contributed by atoms with Crippen LogP contribution in [0.2, 0.25) is 0 Å². The number of carbonyl (C=O) groups excluding carboxylic acids is 1. The summed E-state index contributed by atoms with van der Waals surface area (Å²) in [5.41, 5.74) is 2.80. The van der Waals surface area contributed by atoms with E-state index in [0.717, 1.165) is 43.3 Å². The molecule has 0 amide bonds. The van der Waals surface area contributed by atoms with Gasteiger partial charge in [0.25, 0.3) is 0 Å². The van der Waals surface area contributed by atoms with Crippen molar-refractivity contribution in [1.82, 2.24) is 0 Å². The maximum Gasteiger partial charge on any atom is 0.185 e. The number of benzene rings is 2. The summed E-state index contributed by atoms with van der Waals surface area (Å²) < 4.78 is 10.8. The first kappa shape index (κ1) is 17.2. The van der Waals surface area contributed by atoms with Crippen molar-refractivity contribution in [3.05, 3.63) is 65.7 Å². The van der Waals surface area contributed by atoms with Crippen LogP contribution >= 0.6 is 0 Å². The number of morpholine rings is 1. The zero-order valence-electron chi connectivity index (χ0n) is 14.5. The van der Waals surface area contributed by atoms with E-state index >= 15 is 0 Å². The van der Waals surface area contributed by atoms with Crippen LogP contribution in [0.5, 0.6) is 5.75 Å². The molecular weight excluding hydrogens is 314 g/mol. The van der Waals surface area contributed by atoms with E-state index < -0.39 is 0 Å². The number of ketones is 1. The summed E-state index contributed by atoms with van der Waals surface area (Å²) in [5.74, 6) is 0.840. The SMILES string of the molecule is CCOc1ccc(C=CC(=O)c2ccc(N3CCOCC3)cc2)cc1. The van der Waals surface area contributed by atoms with Gasteiger partial charge in [-0.25, -0.2) is 0 Å². The lowest BCUT2D eigenvalue weighted by atomic mass is 10.1. The smallest absolute Gasteiger partial charge is 0.185 e. The fourth-order valence-electron chi connectivity index (χ4n) is 2.77. The van der Waals surface area contributed by atoms with Crippen LogP contribution in [-0.4, -0.2) is 38.7 Å². The van der Waals surface area contributed by atoms with Crippen molar-refractivity contribution in [3.63, 3.8) is 0 Å². The summed E-state index contributed by atoms with van der Waals surface area (Å²) >= 11 is 0. The molecule has 0 atom stereocenters. The first-order valence-corrected chi connectivity index (χ1v) is 8.64. The van der Waals surface area contributed by atoms with E-state index in [-0.39, 0.29) is 5.78 Å². The molecule has 3 rings (SSSR count). The van der Waals surface area contributed by atoms with Gasteiger partial charge in [0.2, 0.25) is 0 Å². The average molecular weight is 337 g/mol. The molecule has 0 unspecified atom stereocenters. The molecule has 0 N–H and O–H groups in total. The predicted octanol–water partition coefficient (Wildman–Crippen LogP) is 3.82. The van der Waals surface area contributed by atoms with Gasteiger partial charge in [0.05, 0.1) is 19.8 Å². The fourth-order valence-corrected chi connectivity index (χ4v) is 2.77. The highest BCUT2D eigenvalue weighted by molar-refractivity contribution is 6.07. The van der Waals surface area contributed by atoms with Gasteiger partial charge in [-0.2, -0.15) is 0 Å². The number of nitrogens with zero attached hydrogens (tertiary/aromatic N) is 1. The molecule has 1 saturated heterocycles. The average Bonchev–Trinajstić information content (AvgIpc) is 2.68. The summed E-state index contributed by atoms with van der Waals surface area (Å²) in [4.78, 5) is 14.6. The van der Waals surface area contributed by atoms with E-state index in [1.807, 2.05) is 61.5 Å². The van der Waals surface area contributed by atoms with Crippen LogP contribution < -0.4 is 9.64 Å². The first-order chi connectivity index (χ1) is 12.3. The Balaban J connectivity index is 1.62. The highest BCUT2D eigenvalue weighted by atomic mass is 16.5. The van der Waals surface area contributed by atoms with Gasteiger partial charge in [0.1, 0.15) is 5.75 Å². The summed E-state index contributed by atoms with van der Waals surface area (Å²) in [5, 5.41) is 0. The van der Waals surface area contributed by atoms with Gasteiger partial charge in [-0.05, 0) is 55.0 Å². The molecule has 1 fully saturated rings. The number of anilines is 1. The molecule has 2 aromatic carbocycles. The minimum atomic E-state index is 0.00223. The zero-order valence-corrected chi connectivity index (χ0v) is 14.5. The van der Waals surface area contributed by atoms with Crippen molar-refractivity contribution in [2.24, 2.45) is 0 Å². The molecule has 0 radical (unpaired) electrons. The van der Waals surface area contributed by atoms with Crippen molar-refractivity contribution in [2.75, 3.05) is 37.8 Å². The second-order valence-electron chi connectivity index (χ2n) is 5.85. The number of carbonyl (C=O) groups is 1. The summed E-state index contributed by atoms with van der Waals surface area (Å²) in [6.07, 6.45) is 3.44. The Bertz CT molecular complexity index is 714. The third-order valence-electron chi connectivity index (χ3n) is 4.15. The Kier molecular flexibility index (Phi) is 5.86. The number of ether oxygens (including phenoxy) is 2. The van der Waals surface area contributed by atoms with Crippen molar-refractivity contribution in [3.8, 4) is 5.75 Å². The molecule has 0 aliphatic carbocycles. The Hall–Kier alpha value is -2.59. The molecule has 0 saturated carbocycles. The summed E-state index contributed by atoms with van der Waals surface area (Å²) in [6.45, 7) is 5.90. The van der Waals surface area contributed by atoms with Crippen molar-refractivity contribution >= 4 is 17.5 Å². The third kappa shape index (κ3) is 4.70. The van der Waals surface area contributed by atoms with Crippen LogP contribution in [0.4, 0.5) is 5.69 Å². The number of hydrogen-bond acceptors (Lipinski definition) is 4. The Morgan fingerprint density at radius 1 is 1.08 bits per heavy atom. The lowest BCUT2D eigenvalue weighted by Gasteiger charge is -2.28. The van der Waals surface area contributed by atoms with Crippen LogP contribution in [0.15, 0.2) is 54.6 Å². The van der Waals surface area contributed by atoms with Gasteiger partial charge >= 0.3 is 0 Å². The van der Waals surface area contributed by atoms with E-state index in [1.54, 1.807) is 6.08 Å². The van der Waals surface area contributed by atoms with Gasteiger partial charge in [0.15, 0.2) is 5.78 Å². The zero-order chi connectivity index (χ0) is 17.5. The predicted molar refractivity (Wildman–Crippen MR) is 100 cm³/mol. The van der Waals surface area contributed by atoms with Crippen LogP contribution in [-0.2, 0) is 4.74 Å². The van der Waals surface area contributed by atoms with Crippen LogP contribution in [0.1, 0.15) is 22.8 Å². The normalized spacial score (nSPS) is 14.7. The summed E-state index contributed by atoms with van der Waals surface area (Å²) in [7, 11) is 0. The molecule has 25 heavy (non-hydrogen) atoms. The standard InChI is InChI=1S/C21H23NO3/c1-2-25-20-10-3-17(4-11-20)5-12-21(23)18-6-8-19(9-7-18)22-13-15-24-16-14-22/h3-12H,2,13-16H2,1H3. The van der Waals surface area contributed by atoms with Crippen LogP contribution in [0, 0.1) is 0 Å². The minimum Gasteiger partial charge on any atom is -0.494 e. The number of allylic oxidation sites excluding steroid dienone is 1. The van der Waals surface area contributed by atoms with E-state index in [9.17, 15) is 4.79 Å². The van der Waals surface area contributed by atoms with E-state index in [1.165, 1.54) is 0 Å². The molecule has 0 spiro atoms. The van der Waals surface area contributed by atoms with Gasteiger partial charge in [-0.3, -0.25) is 4.79 Å².